The number of aryl methyl sites for hydroxylation is 1. The summed E-state index contributed by atoms with van der Waals surface area (Å²) in [6.07, 6.45) is 1.43. The molecular formula is C17H14BrN3O6. The number of hydrogen-bond donors (Lipinski definition) is 1. The van der Waals surface area contributed by atoms with Crippen LogP contribution >= 0.6 is 15.9 Å². The zero-order valence-corrected chi connectivity index (χ0v) is 15.7. The Hall–Kier alpha value is -3.14. The van der Waals surface area contributed by atoms with Gasteiger partial charge in [0.2, 0.25) is 6.79 Å². The van der Waals surface area contributed by atoms with Gasteiger partial charge in [-0.25, -0.2) is 5.43 Å². The third kappa shape index (κ3) is 4.53. The number of ether oxygens (including phenoxy) is 3. The molecule has 140 valence electrons. The highest BCUT2D eigenvalue weighted by molar-refractivity contribution is 9.10. The Kier molecular flexibility index (Phi) is 5.55. The predicted molar refractivity (Wildman–Crippen MR) is 99.3 cm³/mol. The molecule has 1 aliphatic heterocycles. The van der Waals surface area contributed by atoms with Crippen LogP contribution in [0, 0.1) is 17.0 Å². The van der Waals surface area contributed by atoms with Crippen molar-refractivity contribution in [3.63, 3.8) is 0 Å². The molecule has 0 aromatic heterocycles. The number of nitro benzene ring substituents is 1. The zero-order valence-electron chi connectivity index (χ0n) is 14.1. The van der Waals surface area contributed by atoms with Crippen molar-refractivity contribution in [3.8, 4) is 17.2 Å². The van der Waals surface area contributed by atoms with Gasteiger partial charge in [-0.2, -0.15) is 5.10 Å². The number of hydrogen-bond acceptors (Lipinski definition) is 7. The van der Waals surface area contributed by atoms with Crippen molar-refractivity contribution >= 4 is 33.7 Å². The van der Waals surface area contributed by atoms with Crippen LogP contribution in [-0.4, -0.2) is 30.4 Å². The molecule has 0 atom stereocenters. The van der Waals surface area contributed by atoms with Gasteiger partial charge in [0.15, 0.2) is 23.9 Å². The fourth-order valence-electron chi connectivity index (χ4n) is 2.27. The average molecular weight is 436 g/mol. The molecule has 10 heteroatoms. The lowest BCUT2D eigenvalue weighted by atomic mass is 10.2. The summed E-state index contributed by atoms with van der Waals surface area (Å²) in [5.41, 5.74) is 3.50. The van der Waals surface area contributed by atoms with Crippen LogP contribution in [0.25, 0.3) is 0 Å². The van der Waals surface area contributed by atoms with Crippen molar-refractivity contribution in [1.29, 1.82) is 0 Å². The van der Waals surface area contributed by atoms with E-state index in [9.17, 15) is 14.9 Å². The van der Waals surface area contributed by atoms with Gasteiger partial charge in [-0.1, -0.05) is 6.07 Å². The van der Waals surface area contributed by atoms with Gasteiger partial charge in [-0.15, -0.1) is 0 Å². The van der Waals surface area contributed by atoms with Crippen LogP contribution in [-0.2, 0) is 4.79 Å². The van der Waals surface area contributed by atoms with E-state index in [0.717, 1.165) is 10.0 Å². The maximum atomic E-state index is 11.9. The summed E-state index contributed by atoms with van der Waals surface area (Å²) in [6.45, 7) is 1.47. The first kappa shape index (κ1) is 18.6. The van der Waals surface area contributed by atoms with E-state index in [1.807, 2.05) is 0 Å². The van der Waals surface area contributed by atoms with Crippen LogP contribution in [0.2, 0.25) is 0 Å². The quantitative estimate of drug-likeness (QED) is 0.424. The minimum atomic E-state index is -0.560. The number of hydrazone groups is 1. The lowest BCUT2D eigenvalue weighted by Crippen LogP contribution is -2.24. The third-order valence-corrected chi connectivity index (χ3v) is 4.24. The highest BCUT2D eigenvalue weighted by Crippen LogP contribution is 2.36. The number of nitrogens with zero attached hydrogens (tertiary/aromatic N) is 2. The van der Waals surface area contributed by atoms with E-state index in [1.165, 1.54) is 18.3 Å². The minimum Gasteiger partial charge on any atom is -0.477 e. The van der Waals surface area contributed by atoms with Crippen LogP contribution in [0.3, 0.4) is 0 Å². The van der Waals surface area contributed by atoms with Crippen LogP contribution in [0.1, 0.15) is 11.1 Å². The first-order valence-corrected chi connectivity index (χ1v) is 8.52. The summed E-state index contributed by atoms with van der Waals surface area (Å²) in [6, 6.07) is 7.95. The molecule has 0 saturated heterocycles. The van der Waals surface area contributed by atoms with Gasteiger partial charge in [-0.05, 0) is 46.6 Å². The molecule has 0 fully saturated rings. The van der Waals surface area contributed by atoms with E-state index in [2.05, 4.69) is 26.5 Å². The van der Waals surface area contributed by atoms with Crippen LogP contribution in [0.5, 0.6) is 17.2 Å². The SMILES string of the molecule is Cc1ccc(OCC(=O)N/N=C\c2cc3c(cc2Br)OCO3)c([N+](=O)[O-])c1. The molecule has 0 aliphatic carbocycles. The lowest BCUT2D eigenvalue weighted by Gasteiger charge is -2.06. The molecule has 27 heavy (non-hydrogen) atoms. The normalized spacial score (nSPS) is 12.2. The van der Waals surface area contributed by atoms with Crippen LogP contribution in [0.4, 0.5) is 5.69 Å². The maximum Gasteiger partial charge on any atom is 0.311 e. The first-order valence-electron chi connectivity index (χ1n) is 7.73. The minimum absolute atomic E-state index is 0.0169. The largest absolute Gasteiger partial charge is 0.477 e. The monoisotopic (exact) mass is 435 g/mol. The lowest BCUT2D eigenvalue weighted by molar-refractivity contribution is -0.385. The van der Waals surface area contributed by atoms with Gasteiger partial charge < -0.3 is 14.2 Å². The number of amides is 1. The second-order valence-corrected chi connectivity index (χ2v) is 6.39. The van der Waals surface area contributed by atoms with Gasteiger partial charge >= 0.3 is 5.69 Å². The molecule has 0 unspecified atom stereocenters. The smallest absolute Gasteiger partial charge is 0.311 e. The fourth-order valence-corrected chi connectivity index (χ4v) is 2.70. The van der Waals surface area contributed by atoms with Crippen molar-refractivity contribution in [1.82, 2.24) is 5.43 Å². The number of rotatable bonds is 6. The molecule has 0 bridgehead atoms. The maximum absolute atomic E-state index is 11.9. The Morgan fingerprint density at radius 2 is 2.11 bits per heavy atom. The van der Waals surface area contributed by atoms with Crippen molar-refractivity contribution in [3.05, 3.63) is 56.0 Å². The fraction of sp³-hybridized carbons (Fsp3) is 0.176. The van der Waals surface area contributed by atoms with Crippen molar-refractivity contribution in [2.75, 3.05) is 13.4 Å². The summed E-state index contributed by atoms with van der Waals surface area (Å²) in [4.78, 5) is 22.3. The molecule has 1 N–H and O–H groups in total. The number of fused-ring (bicyclic) bond motifs is 1. The summed E-state index contributed by atoms with van der Waals surface area (Å²) in [5, 5.41) is 14.9. The average Bonchev–Trinajstić information content (AvgIpc) is 3.07. The van der Waals surface area contributed by atoms with E-state index in [1.54, 1.807) is 25.1 Å². The van der Waals surface area contributed by atoms with Gasteiger partial charge in [0.05, 0.1) is 11.1 Å². The number of nitro groups is 1. The molecule has 1 aliphatic rings. The van der Waals surface area contributed by atoms with Gasteiger partial charge in [0.1, 0.15) is 0 Å². The molecule has 1 heterocycles. The molecule has 0 saturated carbocycles. The number of benzene rings is 2. The van der Waals surface area contributed by atoms with E-state index >= 15 is 0 Å². The van der Waals surface area contributed by atoms with E-state index in [-0.39, 0.29) is 18.2 Å². The first-order chi connectivity index (χ1) is 12.9. The Morgan fingerprint density at radius 3 is 2.85 bits per heavy atom. The predicted octanol–water partition coefficient (Wildman–Crippen LogP) is 2.92. The molecule has 0 radical (unpaired) electrons. The van der Waals surface area contributed by atoms with Gasteiger partial charge in [0.25, 0.3) is 5.91 Å². The molecule has 2 aromatic carbocycles. The summed E-state index contributed by atoms with van der Waals surface area (Å²) >= 11 is 3.38. The summed E-state index contributed by atoms with van der Waals surface area (Å²) in [5.74, 6) is 0.665. The molecule has 2 aromatic rings. The number of carbonyl (C=O) groups is 1. The number of nitrogens with one attached hydrogen (secondary N) is 1. The van der Waals surface area contributed by atoms with Gasteiger partial charge in [-0.3, -0.25) is 14.9 Å². The van der Waals surface area contributed by atoms with E-state index in [4.69, 9.17) is 14.2 Å². The van der Waals surface area contributed by atoms with Gasteiger partial charge in [0, 0.05) is 16.1 Å². The third-order valence-electron chi connectivity index (χ3n) is 3.55. The highest BCUT2D eigenvalue weighted by Gasteiger charge is 2.17. The van der Waals surface area contributed by atoms with E-state index in [0.29, 0.717) is 17.1 Å². The Morgan fingerprint density at radius 1 is 1.37 bits per heavy atom. The molecule has 3 rings (SSSR count). The molecule has 0 spiro atoms. The number of carbonyl (C=O) groups excluding carboxylic acids is 1. The second-order valence-electron chi connectivity index (χ2n) is 5.54. The highest BCUT2D eigenvalue weighted by atomic mass is 79.9. The Labute approximate surface area is 162 Å². The zero-order chi connectivity index (χ0) is 19.4. The van der Waals surface area contributed by atoms with Crippen molar-refractivity contribution in [2.24, 2.45) is 5.10 Å². The Bertz CT molecular complexity index is 931. The summed E-state index contributed by atoms with van der Waals surface area (Å²) < 4.78 is 16.5. The van der Waals surface area contributed by atoms with Crippen molar-refractivity contribution in [2.45, 2.75) is 6.92 Å². The second kappa shape index (κ2) is 8.04. The molecule has 1 amide bonds. The summed E-state index contributed by atoms with van der Waals surface area (Å²) in [7, 11) is 0. The van der Waals surface area contributed by atoms with Crippen molar-refractivity contribution < 1.29 is 23.9 Å². The molecule has 9 nitrogen and oxygen atoms in total. The number of halogens is 1. The van der Waals surface area contributed by atoms with E-state index < -0.39 is 17.4 Å². The topological polar surface area (TPSA) is 112 Å². The standard InChI is InChI=1S/C17H14BrN3O6/c1-10-2-3-14(13(4-10)21(23)24)25-8-17(22)20-19-7-11-5-15-16(6-12(11)18)27-9-26-15/h2-7H,8-9H2,1H3,(H,20,22)/b19-7-. The molecular weight excluding hydrogens is 422 g/mol. The Balaban J connectivity index is 1.58. The van der Waals surface area contributed by atoms with Crippen LogP contribution in [0.15, 0.2) is 39.9 Å². The van der Waals surface area contributed by atoms with Crippen LogP contribution < -0.4 is 19.6 Å².